The van der Waals surface area contributed by atoms with Gasteiger partial charge in [0.15, 0.2) is 0 Å². The molecule has 30 heavy (non-hydrogen) atoms. The van der Waals surface area contributed by atoms with Crippen LogP contribution in [0.15, 0.2) is 60.2 Å². The normalized spacial score (nSPS) is 15.6. The molecule has 2 N–H and O–H groups in total. The Morgan fingerprint density at radius 2 is 1.47 bits per heavy atom. The largest absolute Gasteiger partial charge is 0.508 e. The molecule has 0 amide bonds. The summed E-state index contributed by atoms with van der Waals surface area (Å²) in [5.74, 6) is -0.653. The van der Waals surface area contributed by atoms with Gasteiger partial charge >= 0.3 is 5.97 Å². The van der Waals surface area contributed by atoms with Gasteiger partial charge in [-0.15, -0.1) is 0 Å². The van der Waals surface area contributed by atoms with Crippen LogP contribution in [-0.2, 0) is 4.79 Å². The van der Waals surface area contributed by atoms with Gasteiger partial charge in [0.1, 0.15) is 5.75 Å². The van der Waals surface area contributed by atoms with Crippen LogP contribution >= 0.6 is 0 Å². The Kier molecular flexibility index (Phi) is 6.81. The van der Waals surface area contributed by atoms with Gasteiger partial charge < -0.3 is 10.2 Å². The Balaban J connectivity index is 2.09. The molecule has 0 bridgehead atoms. The molecule has 0 aromatic heterocycles. The Morgan fingerprint density at radius 1 is 0.867 bits per heavy atom. The minimum atomic E-state index is -0.926. The molecule has 1 aliphatic carbocycles. The van der Waals surface area contributed by atoms with Gasteiger partial charge in [0, 0.05) is 6.08 Å². The highest BCUT2D eigenvalue weighted by Gasteiger charge is 2.21. The van der Waals surface area contributed by atoms with Crippen LogP contribution < -0.4 is 0 Å². The number of hydrogen-bond donors (Lipinski definition) is 2. The van der Waals surface area contributed by atoms with Crippen LogP contribution in [0.25, 0.3) is 11.1 Å². The maximum absolute atomic E-state index is 11.4. The molecule has 3 heteroatoms. The predicted molar refractivity (Wildman–Crippen MR) is 123 cm³/mol. The smallest absolute Gasteiger partial charge is 0.328 e. The Morgan fingerprint density at radius 3 is 2.00 bits per heavy atom. The first kappa shape index (κ1) is 21.9. The molecule has 1 saturated carbocycles. The molecule has 0 aliphatic heterocycles. The van der Waals surface area contributed by atoms with Gasteiger partial charge in [-0.1, -0.05) is 75.6 Å². The van der Waals surface area contributed by atoms with Crippen LogP contribution in [0.3, 0.4) is 0 Å². The second-order valence-electron chi connectivity index (χ2n) is 9.17. The molecule has 1 aliphatic rings. The molecular weight excluding hydrogens is 372 g/mol. The van der Waals surface area contributed by atoms with Crippen molar-refractivity contribution in [3.8, 4) is 5.75 Å². The maximum Gasteiger partial charge on any atom is 0.328 e. The van der Waals surface area contributed by atoms with Gasteiger partial charge in [-0.3, -0.25) is 0 Å². The van der Waals surface area contributed by atoms with Crippen molar-refractivity contribution < 1.29 is 15.0 Å². The van der Waals surface area contributed by atoms with E-state index in [1.807, 2.05) is 45.0 Å². The number of rotatable bonds is 4. The van der Waals surface area contributed by atoms with Crippen molar-refractivity contribution in [2.45, 2.75) is 59.3 Å². The highest BCUT2D eigenvalue weighted by atomic mass is 16.4. The molecule has 0 unspecified atom stereocenters. The van der Waals surface area contributed by atoms with Crippen LogP contribution in [0.2, 0.25) is 0 Å². The Labute approximate surface area is 179 Å². The highest BCUT2D eigenvalue weighted by molar-refractivity contribution is 5.91. The van der Waals surface area contributed by atoms with E-state index in [1.165, 1.54) is 42.9 Å². The molecule has 3 nitrogen and oxygen atoms in total. The summed E-state index contributed by atoms with van der Waals surface area (Å²) in [6.45, 7) is 6.09. The molecule has 2 aromatic rings. The van der Waals surface area contributed by atoms with Gasteiger partial charge in [0.2, 0.25) is 0 Å². The Bertz CT molecular complexity index is 946. The van der Waals surface area contributed by atoms with E-state index in [2.05, 4.69) is 18.2 Å². The minimum absolute atomic E-state index is 0.270. The fourth-order valence-electron chi connectivity index (χ4n) is 4.31. The standard InChI is InChI=1S/C27H32O3/c1-27(2,3)24(18-25(29)30)19-13-15-21(16-14-19)26(20-9-6-4-5-7-10-20)22-11-8-12-23(28)17-22/h8,11-18,28H,4-7,9-10H2,1-3H3,(H,29,30)/b24-18-. The lowest BCUT2D eigenvalue weighted by atomic mass is 9.81. The quantitative estimate of drug-likeness (QED) is 0.423. The van der Waals surface area contributed by atoms with Crippen LogP contribution in [-0.4, -0.2) is 16.2 Å². The lowest BCUT2D eigenvalue weighted by Gasteiger charge is -2.23. The molecule has 1 fully saturated rings. The van der Waals surface area contributed by atoms with Crippen molar-refractivity contribution in [1.29, 1.82) is 0 Å². The molecule has 2 aromatic carbocycles. The van der Waals surface area contributed by atoms with Gasteiger partial charge in [0.05, 0.1) is 0 Å². The van der Waals surface area contributed by atoms with Gasteiger partial charge in [0.25, 0.3) is 0 Å². The van der Waals surface area contributed by atoms with Crippen molar-refractivity contribution in [3.63, 3.8) is 0 Å². The molecule has 0 radical (unpaired) electrons. The summed E-state index contributed by atoms with van der Waals surface area (Å²) in [4.78, 5) is 11.4. The predicted octanol–water partition coefficient (Wildman–Crippen LogP) is 7.06. The number of aliphatic carboxylic acids is 1. The fourth-order valence-corrected chi connectivity index (χ4v) is 4.31. The molecule has 0 spiro atoms. The van der Waals surface area contributed by atoms with Crippen molar-refractivity contribution >= 4 is 17.1 Å². The third kappa shape index (κ3) is 5.41. The zero-order valence-electron chi connectivity index (χ0n) is 18.2. The van der Waals surface area contributed by atoms with E-state index in [9.17, 15) is 15.0 Å². The third-order valence-electron chi connectivity index (χ3n) is 5.76. The number of carbonyl (C=O) groups is 1. The summed E-state index contributed by atoms with van der Waals surface area (Å²) in [6.07, 6.45) is 8.42. The summed E-state index contributed by atoms with van der Waals surface area (Å²) >= 11 is 0. The van der Waals surface area contributed by atoms with Crippen LogP contribution in [0, 0.1) is 5.41 Å². The monoisotopic (exact) mass is 404 g/mol. The van der Waals surface area contributed by atoms with Crippen LogP contribution in [0.1, 0.15) is 76.0 Å². The molecule has 3 rings (SSSR count). The van der Waals surface area contributed by atoms with E-state index in [0.717, 1.165) is 35.1 Å². The van der Waals surface area contributed by atoms with Crippen molar-refractivity contribution in [3.05, 3.63) is 76.9 Å². The van der Waals surface area contributed by atoms with Gasteiger partial charge in [-0.05, 0) is 71.1 Å². The van der Waals surface area contributed by atoms with Crippen molar-refractivity contribution in [1.82, 2.24) is 0 Å². The summed E-state index contributed by atoms with van der Waals surface area (Å²) in [7, 11) is 0. The molecule has 158 valence electrons. The fraction of sp³-hybridized carbons (Fsp3) is 0.370. The lowest BCUT2D eigenvalue weighted by Crippen LogP contribution is -2.10. The van der Waals surface area contributed by atoms with E-state index in [4.69, 9.17) is 0 Å². The number of phenols is 1. The van der Waals surface area contributed by atoms with E-state index in [-0.39, 0.29) is 11.2 Å². The summed E-state index contributed by atoms with van der Waals surface area (Å²) in [5, 5.41) is 19.4. The average molecular weight is 405 g/mol. The maximum atomic E-state index is 11.4. The highest BCUT2D eigenvalue weighted by Crippen LogP contribution is 2.38. The number of hydrogen-bond acceptors (Lipinski definition) is 2. The number of carboxylic acid groups (broad SMARTS) is 1. The lowest BCUT2D eigenvalue weighted by molar-refractivity contribution is -0.131. The first-order chi connectivity index (χ1) is 14.3. The molecule has 0 heterocycles. The first-order valence-electron chi connectivity index (χ1n) is 10.8. The van der Waals surface area contributed by atoms with Gasteiger partial charge in [-0.25, -0.2) is 4.79 Å². The second-order valence-corrected chi connectivity index (χ2v) is 9.17. The van der Waals surface area contributed by atoms with E-state index < -0.39 is 5.97 Å². The van der Waals surface area contributed by atoms with Crippen molar-refractivity contribution in [2.75, 3.05) is 0 Å². The first-order valence-corrected chi connectivity index (χ1v) is 10.8. The topological polar surface area (TPSA) is 57.5 Å². The van der Waals surface area contributed by atoms with Crippen LogP contribution in [0.5, 0.6) is 5.75 Å². The van der Waals surface area contributed by atoms with E-state index in [1.54, 1.807) is 6.07 Å². The number of aromatic hydroxyl groups is 1. The van der Waals surface area contributed by atoms with Crippen LogP contribution in [0.4, 0.5) is 0 Å². The third-order valence-corrected chi connectivity index (χ3v) is 5.76. The zero-order valence-corrected chi connectivity index (χ0v) is 18.2. The van der Waals surface area contributed by atoms with Gasteiger partial charge in [-0.2, -0.15) is 0 Å². The number of allylic oxidation sites excluding steroid dienone is 2. The molecule has 0 saturated heterocycles. The minimum Gasteiger partial charge on any atom is -0.508 e. The zero-order chi connectivity index (χ0) is 21.7. The number of phenolic OH excluding ortho intramolecular Hbond substituents is 1. The Hall–Kier alpha value is -2.81. The van der Waals surface area contributed by atoms with Crippen molar-refractivity contribution in [2.24, 2.45) is 5.41 Å². The summed E-state index contributed by atoms with van der Waals surface area (Å²) in [5.41, 5.74) is 6.27. The van der Waals surface area contributed by atoms with E-state index >= 15 is 0 Å². The van der Waals surface area contributed by atoms with E-state index in [0.29, 0.717) is 0 Å². The average Bonchev–Trinajstić information content (AvgIpc) is 2.96. The summed E-state index contributed by atoms with van der Waals surface area (Å²) < 4.78 is 0. The summed E-state index contributed by atoms with van der Waals surface area (Å²) in [6, 6.07) is 15.7. The molecule has 0 atom stereocenters. The molecular formula is C27H32O3. The second kappa shape index (κ2) is 9.34. The number of carboxylic acids is 1. The SMILES string of the molecule is CC(C)(C)/C(=C\C(=O)O)c1ccc(C(=C2CCCCCC2)c2cccc(O)c2)cc1. The number of benzene rings is 2.